The first kappa shape index (κ1) is 22.5. The van der Waals surface area contributed by atoms with E-state index >= 15 is 0 Å². The second-order valence-electron chi connectivity index (χ2n) is 9.08. The summed E-state index contributed by atoms with van der Waals surface area (Å²) in [5.41, 5.74) is 0.217. The van der Waals surface area contributed by atoms with E-state index in [9.17, 15) is 8.78 Å². The summed E-state index contributed by atoms with van der Waals surface area (Å²) in [4.78, 5) is 13.1. The van der Waals surface area contributed by atoms with Crippen LogP contribution in [0.4, 0.5) is 14.6 Å². The number of nitrogens with one attached hydrogen (secondary N) is 1. The van der Waals surface area contributed by atoms with Crippen molar-refractivity contribution in [3.63, 3.8) is 0 Å². The van der Waals surface area contributed by atoms with Crippen molar-refractivity contribution in [2.75, 3.05) is 38.2 Å². The molecular weight excluding hydrogens is 504 g/mol. The number of rotatable bonds is 2. The van der Waals surface area contributed by atoms with Gasteiger partial charge in [0.25, 0.3) is 0 Å². The molecule has 174 valence electrons. The molecule has 0 saturated carbocycles. The van der Waals surface area contributed by atoms with E-state index in [0.717, 1.165) is 38.9 Å². The van der Waals surface area contributed by atoms with Crippen LogP contribution in [0.25, 0.3) is 10.9 Å². The van der Waals surface area contributed by atoms with Crippen LogP contribution in [0.15, 0.2) is 10.5 Å². The molecule has 32 heavy (non-hydrogen) atoms. The average Bonchev–Trinajstić information content (AvgIpc) is 3.46. The van der Waals surface area contributed by atoms with Crippen molar-refractivity contribution in [2.24, 2.45) is 0 Å². The first-order valence-corrected chi connectivity index (χ1v) is 12.4. The maximum absolute atomic E-state index is 14.6. The molecule has 1 N–H and O–H groups in total. The van der Waals surface area contributed by atoms with Crippen molar-refractivity contribution in [3.05, 3.63) is 21.4 Å². The molecule has 10 heteroatoms. The van der Waals surface area contributed by atoms with Gasteiger partial charge in [-0.2, -0.15) is 9.97 Å². The van der Waals surface area contributed by atoms with Crippen LogP contribution in [-0.2, 0) is 0 Å². The molecule has 4 aliphatic rings. The number of hydrogen-bond acceptors (Lipinski definition) is 6. The summed E-state index contributed by atoms with van der Waals surface area (Å²) in [6.45, 7) is 3.53. The van der Waals surface area contributed by atoms with E-state index in [1.807, 2.05) is 0 Å². The Bertz CT molecular complexity index is 990. The van der Waals surface area contributed by atoms with Gasteiger partial charge in [-0.3, -0.25) is 4.90 Å². The van der Waals surface area contributed by atoms with Crippen LogP contribution in [0.3, 0.4) is 0 Å². The van der Waals surface area contributed by atoms with E-state index in [1.165, 1.54) is 20.0 Å². The summed E-state index contributed by atoms with van der Waals surface area (Å²) in [5, 5.41) is 4.49. The zero-order valence-electron chi connectivity index (χ0n) is 18.0. The molecule has 4 fully saturated rings. The Labute approximate surface area is 199 Å². The SMILES string of the molecule is COc1nc(N2CC3CCC(C2)N3)c2cc(Cl)c(Br)c(F)c2n1.FC1CC2CCCN2C1. The van der Waals surface area contributed by atoms with E-state index in [-0.39, 0.29) is 16.0 Å². The van der Waals surface area contributed by atoms with E-state index in [4.69, 9.17) is 16.3 Å². The molecular formula is C22H27BrClF2N5O. The first-order valence-electron chi connectivity index (χ1n) is 11.2. The topological polar surface area (TPSA) is 53.5 Å². The van der Waals surface area contributed by atoms with Crippen molar-refractivity contribution in [1.82, 2.24) is 20.2 Å². The van der Waals surface area contributed by atoms with Gasteiger partial charge in [-0.05, 0) is 60.6 Å². The number of ether oxygens (including phenoxy) is 1. The molecule has 4 aliphatic heterocycles. The molecule has 5 heterocycles. The van der Waals surface area contributed by atoms with Gasteiger partial charge in [-0.25, -0.2) is 8.78 Å². The van der Waals surface area contributed by atoms with Gasteiger partial charge < -0.3 is 15.0 Å². The van der Waals surface area contributed by atoms with E-state index in [2.05, 4.69) is 41.0 Å². The minimum Gasteiger partial charge on any atom is -0.467 e. The van der Waals surface area contributed by atoms with Crippen LogP contribution in [0.5, 0.6) is 6.01 Å². The van der Waals surface area contributed by atoms with Crippen LogP contribution in [0, 0.1) is 5.82 Å². The maximum Gasteiger partial charge on any atom is 0.318 e. The van der Waals surface area contributed by atoms with Crippen molar-refractivity contribution in [2.45, 2.75) is 56.4 Å². The largest absolute Gasteiger partial charge is 0.467 e. The third-order valence-corrected chi connectivity index (χ3v) is 8.25. The number of alkyl halides is 1. The Kier molecular flexibility index (Phi) is 6.44. The van der Waals surface area contributed by atoms with Gasteiger partial charge in [-0.15, -0.1) is 0 Å². The van der Waals surface area contributed by atoms with Gasteiger partial charge in [0.15, 0.2) is 5.82 Å². The molecule has 1 aromatic carbocycles. The Morgan fingerprint density at radius 1 is 1.19 bits per heavy atom. The molecule has 0 radical (unpaired) electrons. The molecule has 4 atom stereocenters. The Hall–Kier alpha value is -1.29. The third kappa shape index (κ3) is 4.29. The van der Waals surface area contributed by atoms with Crippen molar-refractivity contribution in [3.8, 4) is 6.01 Å². The number of piperazine rings is 1. The van der Waals surface area contributed by atoms with Gasteiger partial charge in [-0.1, -0.05) is 11.6 Å². The molecule has 0 aliphatic carbocycles. The Morgan fingerprint density at radius 2 is 1.94 bits per heavy atom. The zero-order valence-corrected chi connectivity index (χ0v) is 20.3. The summed E-state index contributed by atoms with van der Waals surface area (Å²) in [6.07, 6.45) is 5.12. The molecule has 2 aromatic rings. The lowest BCUT2D eigenvalue weighted by Gasteiger charge is -2.34. The number of aromatic nitrogens is 2. The lowest BCUT2D eigenvalue weighted by Crippen LogP contribution is -2.51. The zero-order chi connectivity index (χ0) is 22.4. The number of fused-ring (bicyclic) bond motifs is 4. The normalized spacial score (nSPS) is 29.2. The molecule has 0 amide bonds. The van der Waals surface area contributed by atoms with Crippen LogP contribution in [0.2, 0.25) is 5.02 Å². The number of anilines is 1. The molecule has 1 aromatic heterocycles. The van der Waals surface area contributed by atoms with Crippen molar-refractivity contribution >= 4 is 44.3 Å². The Morgan fingerprint density at radius 3 is 2.62 bits per heavy atom. The van der Waals surface area contributed by atoms with Crippen LogP contribution < -0.4 is 15.0 Å². The average molecular weight is 531 g/mol. The van der Waals surface area contributed by atoms with Gasteiger partial charge >= 0.3 is 6.01 Å². The summed E-state index contributed by atoms with van der Waals surface area (Å²) < 4.78 is 32.6. The van der Waals surface area contributed by atoms with E-state index in [0.29, 0.717) is 40.9 Å². The Balaban J connectivity index is 0.000000199. The minimum atomic E-state index is -0.518. The fraction of sp³-hybridized carbons (Fsp3) is 0.636. The molecule has 4 saturated heterocycles. The van der Waals surface area contributed by atoms with Crippen LogP contribution in [0.1, 0.15) is 32.1 Å². The monoisotopic (exact) mass is 529 g/mol. The third-order valence-electron chi connectivity index (χ3n) is 6.94. The summed E-state index contributed by atoms with van der Waals surface area (Å²) in [6, 6.07) is 3.37. The maximum atomic E-state index is 14.6. The summed E-state index contributed by atoms with van der Waals surface area (Å²) in [5.74, 6) is 0.186. The molecule has 6 nitrogen and oxygen atoms in total. The highest BCUT2D eigenvalue weighted by Crippen LogP contribution is 2.37. The second-order valence-corrected chi connectivity index (χ2v) is 10.3. The second kappa shape index (κ2) is 9.16. The lowest BCUT2D eigenvalue weighted by molar-refractivity contribution is 0.292. The fourth-order valence-electron chi connectivity index (χ4n) is 5.47. The highest BCUT2D eigenvalue weighted by Gasteiger charge is 2.35. The summed E-state index contributed by atoms with van der Waals surface area (Å²) >= 11 is 9.31. The van der Waals surface area contributed by atoms with Crippen LogP contribution >= 0.6 is 27.5 Å². The number of benzene rings is 1. The lowest BCUT2D eigenvalue weighted by atomic mass is 10.1. The smallest absolute Gasteiger partial charge is 0.318 e. The van der Waals surface area contributed by atoms with Crippen LogP contribution in [-0.4, -0.2) is 72.5 Å². The van der Waals surface area contributed by atoms with Gasteiger partial charge in [0.05, 0.1) is 16.6 Å². The molecule has 6 rings (SSSR count). The molecule has 2 bridgehead atoms. The number of hydrogen-bond donors (Lipinski definition) is 1. The molecule has 0 spiro atoms. The molecule has 4 unspecified atom stereocenters. The van der Waals surface area contributed by atoms with Gasteiger partial charge in [0, 0.05) is 43.1 Å². The van der Waals surface area contributed by atoms with Crippen molar-refractivity contribution in [1.29, 1.82) is 0 Å². The number of halogens is 4. The van der Waals surface area contributed by atoms with Gasteiger partial charge in [0.1, 0.15) is 17.5 Å². The quantitative estimate of drug-likeness (QED) is 0.584. The minimum absolute atomic E-state index is 0.159. The summed E-state index contributed by atoms with van der Waals surface area (Å²) in [7, 11) is 1.48. The standard InChI is InChI=1S/C15H15BrClFN4O.C7H12FN/c1-23-15-20-13-9(4-10(17)11(16)12(13)18)14(21-15)22-5-7-2-3-8(6-22)19-7;8-6-4-7-2-1-3-9(7)5-6/h4,7-8,19H,2-3,5-6H2,1H3;6-7H,1-5H2. The number of methoxy groups -OCH3 is 1. The predicted molar refractivity (Wildman–Crippen MR) is 125 cm³/mol. The fourth-order valence-corrected chi connectivity index (χ4v) is 5.96. The predicted octanol–water partition coefficient (Wildman–Crippen LogP) is 4.33. The number of nitrogens with zero attached hydrogens (tertiary/aromatic N) is 4. The first-order chi connectivity index (χ1) is 15.4. The highest BCUT2D eigenvalue weighted by molar-refractivity contribution is 9.10. The highest BCUT2D eigenvalue weighted by atomic mass is 79.9. The van der Waals surface area contributed by atoms with Gasteiger partial charge in [0.2, 0.25) is 0 Å². The van der Waals surface area contributed by atoms with E-state index in [1.54, 1.807) is 6.07 Å². The van der Waals surface area contributed by atoms with E-state index < -0.39 is 12.0 Å². The van der Waals surface area contributed by atoms with Crippen molar-refractivity contribution < 1.29 is 13.5 Å².